The molecule has 2 aromatic rings. The standard InChI is InChI=1S/C18H23FN4O2/c1-13(2)10-22-12-20-21-18(22)16-4-3-9-23(16)17(24)11-25-15-7-5-14(19)6-8-15/h5-8,12-13,16H,3-4,9-11H2,1-2H3. The number of ether oxygens (including phenoxy) is 1. The van der Waals surface area contributed by atoms with Gasteiger partial charge < -0.3 is 14.2 Å². The first-order valence-corrected chi connectivity index (χ1v) is 8.60. The van der Waals surface area contributed by atoms with Gasteiger partial charge in [0.2, 0.25) is 0 Å². The van der Waals surface area contributed by atoms with Crippen LogP contribution in [0, 0.1) is 11.7 Å². The Bertz CT molecular complexity index is 714. The van der Waals surface area contributed by atoms with Crippen molar-refractivity contribution in [1.82, 2.24) is 19.7 Å². The van der Waals surface area contributed by atoms with E-state index in [1.54, 1.807) is 6.33 Å². The summed E-state index contributed by atoms with van der Waals surface area (Å²) in [6.07, 6.45) is 3.53. The largest absolute Gasteiger partial charge is 0.484 e. The van der Waals surface area contributed by atoms with Crippen LogP contribution in [0.3, 0.4) is 0 Å². The van der Waals surface area contributed by atoms with Gasteiger partial charge in [-0.15, -0.1) is 10.2 Å². The first kappa shape index (κ1) is 17.4. The van der Waals surface area contributed by atoms with Crippen LogP contribution in [0.1, 0.15) is 38.6 Å². The molecule has 0 radical (unpaired) electrons. The second-order valence-corrected chi connectivity index (χ2v) is 6.72. The van der Waals surface area contributed by atoms with Crippen LogP contribution in [0.15, 0.2) is 30.6 Å². The van der Waals surface area contributed by atoms with E-state index in [2.05, 4.69) is 24.0 Å². The first-order valence-electron chi connectivity index (χ1n) is 8.60. The van der Waals surface area contributed by atoms with Crippen molar-refractivity contribution >= 4 is 5.91 Å². The molecule has 25 heavy (non-hydrogen) atoms. The van der Waals surface area contributed by atoms with E-state index in [9.17, 15) is 9.18 Å². The highest BCUT2D eigenvalue weighted by atomic mass is 19.1. The van der Waals surface area contributed by atoms with Crippen molar-refractivity contribution in [2.75, 3.05) is 13.2 Å². The Hall–Kier alpha value is -2.44. The van der Waals surface area contributed by atoms with E-state index in [1.807, 2.05) is 9.47 Å². The van der Waals surface area contributed by atoms with E-state index < -0.39 is 0 Å². The van der Waals surface area contributed by atoms with Crippen LogP contribution in [0.5, 0.6) is 5.75 Å². The Morgan fingerprint density at radius 3 is 2.84 bits per heavy atom. The maximum Gasteiger partial charge on any atom is 0.261 e. The smallest absolute Gasteiger partial charge is 0.261 e. The molecule has 1 aliphatic rings. The molecule has 0 bridgehead atoms. The van der Waals surface area contributed by atoms with Crippen molar-refractivity contribution in [3.05, 3.63) is 42.2 Å². The molecule has 1 atom stereocenters. The molecule has 1 unspecified atom stereocenters. The monoisotopic (exact) mass is 346 g/mol. The fourth-order valence-corrected chi connectivity index (χ4v) is 3.15. The van der Waals surface area contributed by atoms with E-state index in [0.29, 0.717) is 18.2 Å². The average Bonchev–Trinajstić information content (AvgIpc) is 3.22. The van der Waals surface area contributed by atoms with E-state index >= 15 is 0 Å². The van der Waals surface area contributed by atoms with Gasteiger partial charge >= 0.3 is 0 Å². The van der Waals surface area contributed by atoms with Crippen molar-refractivity contribution in [2.24, 2.45) is 5.92 Å². The molecular formula is C18H23FN4O2. The van der Waals surface area contributed by atoms with Crippen molar-refractivity contribution < 1.29 is 13.9 Å². The molecule has 0 saturated carbocycles. The van der Waals surface area contributed by atoms with Gasteiger partial charge in [-0.3, -0.25) is 4.79 Å². The molecule has 0 spiro atoms. The number of amides is 1. The summed E-state index contributed by atoms with van der Waals surface area (Å²) in [7, 11) is 0. The lowest BCUT2D eigenvalue weighted by Gasteiger charge is -2.25. The van der Waals surface area contributed by atoms with Gasteiger partial charge in [0, 0.05) is 13.1 Å². The fraction of sp³-hybridized carbons (Fsp3) is 0.500. The van der Waals surface area contributed by atoms with Gasteiger partial charge in [0.1, 0.15) is 17.9 Å². The van der Waals surface area contributed by atoms with Crippen molar-refractivity contribution in [3.63, 3.8) is 0 Å². The first-order chi connectivity index (χ1) is 12.0. The predicted octanol–water partition coefficient (Wildman–Crippen LogP) is 2.82. The summed E-state index contributed by atoms with van der Waals surface area (Å²) >= 11 is 0. The molecule has 6 nitrogen and oxygen atoms in total. The fourth-order valence-electron chi connectivity index (χ4n) is 3.15. The van der Waals surface area contributed by atoms with Crippen LogP contribution in [0.4, 0.5) is 4.39 Å². The van der Waals surface area contributed by atoms with E-state index in [0.717, 1.165) is 25.2 Å². The van der Waals surface area contributed by atoms with Gasteiger partial charge in [0.05, 0.1) is 6.04 Å². The molecule has 2 heterocycles. The lowest BCUT2D eigenvalue weighted by Crippen LogP contribution is -2.35. The molecule has 134 valence electrons. The highest BCUT2D eigenvalue weighted by Crippen LogP contribution is 2.31. The second-order valence-electron chi connectivity index (χ2n) is 6.72. The van der Waals surface area contributed by atoms with Gasteiger partial charge in [-0.2, -0.15) is 0 Å². The number of halogens is 1. The second kappa shape index (κ2) is 7.63. The third-order valence-corrected chi connectivity index (χ3v) is 4.25. The van der Waals surface area contributed by atoms with Crippen molar-refractivity contribution in [2.45, 2.75) is 39.3 Å². The van der Waals surface area contributed by atoms with E-state index in [4.69, 9.17) is 4.74 Å². The minimum absolute atomic E-state index is 0.0643. The number of rotatable bonds is 6. The summed E-state index contributed by atoms with van der Waals surface area (Å²) in [5.41, 5.74) is 0. The summed E-state index contributed by atoms with van der Waals surface area (Å²) in [5.74, 6) is 1.37. The number of likely N-dealkylation sites (tertiary alicyclic amines) is 1. The number of hydrogen-bond acceptors (Lipinski definition) is 4. The Kier molecular flexibility index (Phi) is 5.31. The number of aromatic nitrogens is 3. The van der Waals surface area contributed by atoms with Crippen LogP contribution in [-0.4, -0.2) is 38.7 Å². The van der Waals surface area contributed by atoms with Crippen molar-refractivity contribution in [1.29, 1.82) is 0 Å². The number of nitrogens with zero attached hydrogens (tertiary/aromatic N) is 4. The summed E-state index contributed by atoms with van der Waals surface area (Å²) < 4.78 is 20.4. The Morgan fingerprint density at radius 2 is 2.12 bits per heavy atom. The van der Waals surface area contributed by atoms with Crippen molar-refractivity contribution in [3.8, 4) is 5.75 Å². The highest BCUT2D eigenvalue weighted by molar-refractivity contribution is 5.78. The van der Waals surface area contributed by atoms with Gasteiger partial charge in [0.25, 0.3) is 5.91 Å². The van der Waals surface area contributed by atoms with E-state index in [-0.39, 0.29) is 24.4 Å². The summed E-state index contributed by atoms with van der Waals surface area (Å²) in [6.45, 7) is 5.72. The zero-order valence-corrected chi connectivity index (χ0v) is 14.6. The molecule has 1 aromatic carbocycles. The number of benzene rings is 1. The highest BCUT2D eigenvalue weighted by Gasteiger charge is 2.33. The molecule has 0 N–H and O–H groups in total. The van der Waals surface area contributed by atoms with Crippen LogP contribution >= 0.6 is 0 Å². The molecule has 3 rings (SSSR count). The average molecular weight is 346 g/mol. The number of carbonyl (C=O) groups is 1. The Morgan fingerprint density at radius 1 is 1.36 bits per heavy atom. The predicted molar refractivity (Wildman–Crippen MR) is 90.4 cm³/mol. The van der Waals surface area contributed by atoms with Gasteiger partial charge in [-0.25, -0.2) is 4.39 Å². The zero-order chi connectivity index (χ0) is 17.8. The molecule has 1 fully saturated rings. The lowest BCUT2D eigenvalue weighted by atomic mass is 10.2. The Balaban J connectivity index is 1.65. The summed E-state index contributed by atoms with van der Waals surface area (Å²) in [6, 6.07) is 5.59. The summed E-state index contributed by atoms with van der Waals surface area (Å²) in [5, 5.41) is 8.27. The normalized spacial score (nSPS) is 17.3. The quantitative estimate of drug-likeness (QED) is 0.807. The maximum atomic E-state index is 12.9. The molecule has 1 saturated heterocycles. The topological polar surface area (TPSA) is 60.2 Å². The third kappa shape index (κ3) is 4.15. The van der Waals surface area contributed by atoms with Crippen LogP contribution in [0.25, 0.3) is 0 Å². The molecular weight excluding hydrogens is 323 g/mol. The molecule has 1 aromatic heterocycles. The number of hydrogen-bond donors (Lipinski definition) is 0. The van der Waals surface area contributed by atoms with Gasteiger partial charge in [-0.1, -0.05) is 13.8 Å². The minimum atomic E-state index is -0.331. The molecule has 0 aliphatic carbocycles. The van der Waals surface area contributed by atoms with Crippen LogP contribution in [-0.2, 0) is 11.3 Å². The minimum Gasteiger partial charge on any atom is -0.484 e. The summed E-state index contributed by atoms with van der Waals surface area (Å²) in [4.78, 5) is 14.4. The Labute approximate surface area is 146 Å². The molecule has 7 heteroatoms. The van der Waals surface area contributed by atoms with Gasteiger partial charge in [0.15, 0.2) is 12.4 Å². The van der Waals surface area contributed by atoms with Crippen LogP contribution in [0.2, 0.25) is 0 Å². The zero-order valence-electron chi connectivity index (χ0n) is 14.6. The third-order valence-electron chi connectivity index (χ3n) is 4.25. The SMILES string of the molecule is CC(C)Cn1cnnc1C1CCCN1C(=O)COc1ccc(F)cc1. The molecule has 1 aliphatic heterocycles. The maximum absolute atomic E-state index is 12.9. The lowest BCUT2D eigenvalue weighted by molar-refractivity contribution is -0.134. The van der Waals surface area contributed by atoms with E-state index in [1.165, 1.54) is 24.3 Å². The van der Waals surface area contributed by atoms with Crippen LogP contribution < -0.4 is 4.74 Å². The van der Waals surface area contributed by atoms with Gasteiger partial charge in [-0.05, 0) is 43.0 Å². The molecule has 1 amide bonds. The number of carbonyl (C=O) groups excluding carboxylic acids is 1.